The van der Waals surface area contributed by atoms with E-state index >= 15 is 0 Å². The van der Waals surface area contributed by atoms with Crippen LogP contribution in [-0.4, -0.2) is 4.98 Å². The summed E-state index contributed by atoms with van der Waals surface area (Å²) >= 11 is 8.43. The smallest absolute Gasteiger partial charge is 0.115 e. The highest BCUT2D eigenvalue weighted by atomic mass is 79.9. The lowest BCUT2D eigenvalue weighted by Crippen LogP contribution is -1.82. The van der Waals surface area contributed by atoms with Crippen LogP contribution in [-0.2, 0) is 0 Å². The van der Waals surface area contributed by atoms with Gasteiger partial charge in [0.15, 0.2) is 0 Å². The van der Waals surface area contributed by atoms with Gasteiger partial charge < -0.3 is 4.42 Å². The monoisotopic (exact) mass is 347 g/mol. The van der Waals surface area contributed by atoms with Crippen LogP contribution in [0, 0.1) is 6.92 Å². The lowest BCUT2D eigenvalue weighted by atomic mass is 10.5. The standard InChI is InChI=1S/C10H7Br2NOS/c1-6-9(2-3-14-6)15-10-8(12)4-7(11)5-13-10/h2-5H,1H3. The van der Waals surface area contributed by atoms with Crippen molar-refractivity contribution >= 4 is 43.6 Å². The predicted octanol–water partition coefficient (Wildman–Crippen LogP) is 4.66. The van der Waals surface area contributed by atoms with Gasteiger partial charge in [-0.15, -0.1) is 0 Å². The largest absolute Gasteiger partial charge is 0.468 e. The number of nitrogens with zero attached hydrogens (tertiary/aromatic N) is 1. The van der Waals surface area contributed by atoms with Gasteiger partial charge in [-0.2, -0.15) is 0 Å². The molecule has 2 heterocycles. The Morgan fingerprint density at radius 2 is 2.20 bits per heavy atom. The van der Waals surface area contributed by atoms with E-state index < -0.39 is 0 Å². The van der Waals surface area contributed by atoms with E-state index in [-0.39, 0.29) is 0 Å². The van der Waals surface area contributed by atoms with Crippen molar-refractivity contribution in [3.8, 4) is 0 Å². The van der Waals surface area contributed by atoms with E-state index in [1.54, 1.807) is 24.2 Å². The Morgan fingerprint density at radius 3 is 2.80 bits per heavy atom. The average Bonchev–Trinajstić information content (AvgIpc) is 2.57. The molecule has 0 saturated carbocycles. The fourth-order valence-corrected chi connectivity index (χ4v) is 3.08. The Kier molecular flexibility index (Phi) is 3.53. The molecule has 0 aliphatic heterocycles. The van der Waals surface area contributed by atoms with Crippen LogP contribution >= 0.6 is 43.6 Å². The molecule has 0 spiro atoms. The maximum absolute atomic E-state index is 5.23. The summed E-state index contributed by atoms with van der Waals surface area (Å²) in [6, 6.07) is 3.92. The molecule has 0 aliphatic rings. The third kappa shape index (κ3) is 2.65. The molecule has 15 heavy (non-hydrogen) atoms. The van der Waals surface area contributed by atoms with Gasteiger partial charge in [-0.1, -0.05) is 11.8 Å². The van der Waals surface area contributed by atoms with Crippen molar-refractivity contribution in [3.63, 3.8) is 0 Å². The van der Waals surface area contributed by atoms with Gasteiger partial charge in [0.25, 0.3) is 0 Å². The predicted molar refractivity (Wildman–Crippen MR) is 67.2 cm³/mol. The van der Waals surface area contributed by atoms with Crippen LogP contribution in [0.2, 0.25) is 0 Å². The van der Waals surface area contributed by atoms with Crippen molar-refractivity contribution in [2.75, 3.05) is 0 Å². The second-order valence-corrected chi connectivity index (χ2v) is 5.68. The molecule has 0 aromatic carbocycles. The molecule has 0 N–H and O–H groups in total. The molecule has 2 rings (SSSR count). The van der Waals surface area contributed by atoms with E-state index in [9.17, 15) is 0 Å². The number of furan rings is 1. The Labute approximate surface area is 109 Å². The van der Waals surface area contributed by atoms with Crippen LogP contribution in [0.1, 0.15) is 5.76 Å². The van der Waals surface area contributed by atoms with Gasteiger partial charge in [0, 0.05) is 10.7 Å². The first-order chi connectivity index (χ1) is 7.16. The van der Waals surface area contributed by atoms with E-state index in [0.29, 0.717) is 0 Å². The van der Waals surface area contributed by atoms with Gasteiger partial charge in [-0.05, 0) is 50.9 Å². The van der Waals surface area contributed by atoms with E-state index in [4.69, 9.17) is 4.42 Å². The third-order valence-corrected chi connectivity index (χ3v) is 4.25. The summed E-state index contributed by atoms with van der Waals surface area (Å²) in [6.07, 6.45) is 3.47. The first kappa shape index (κ1) is 11.2. The topological polar surface area (TPSA) is 26.0 Å². The van der Waals surface area contributed by atoms with E-state index in [2.05, 4.69) is 36.8 Å². The Balaban J connectivity index is 2.29. The van der Waals surface area contributed by atoms with Crippen LogP contribution in [0.25, 0.3) is 0 Å². The first-order valence-electron chi connectivity index (χ1n) is 4.20. The highest BCUT2D eigenvalue weighted by molar-refractivity contribution is 9.11. The molecule has 0 unspecified atom stereocenters. The molecule has 0 bridgehead atoms. The van der Waals surface area contributed by atoms with Crippen molar-refractivity contribution in [1.29, 1.82) is 0 Å². The van der Waals surface area contributed by atoms with Gasteiger partial charge in [-0.3, -0.25) is 0 Å². The molecule has 0 amide bonds. The quantitative estimate of drug-likeness (QED) is 0.789. The lowest BCUT2D eigenvalue weighted by molar-refractivity contribution is 0.527. The molecule has 2 aromatic heterocycles. The molecule has 0 atom stereocenters. The van der Waals surface area contributed by atoms with Crippen LogP contribution in [0.5, 0.6) is 0 Å². The number of halogens is 2. The molecule has 2 aromatic rings. The lowest BCUT2D eigenvalue weighted by Gasteiger charge is -2.02. The molecular weight excluding hydrogens is 342 g/mol. The zero-order valence-electron chi connectivity index (χ0n) is 7.83. The fraction of sp³-hybridized carbons (Fsp3) is 0.100. The third-order valence-electron chi connectivity index (χ3n) is 1.79. The van der Waals surface area contributed by atoms with Gasteiger partial charge in [-0.25, -0.2) is 4.98 Å². The fourth-order valence-electron chi connectivity index (χ4n) is 1.06. The summed E-state index contributed by atoms with van der Waals surface area (Å²) in [7, 11) is 0. The van der Waals surface area contributed by atoms with E-state index in [0.717, 1.165) is 24.6 Å². The number of hydrogen-bond donors (Lipinski definition) is 0. The van der Waals surface area contributed by atoms with Crippen molar-refractivity contribution in [2.45, 2.75) is 16.8 Å². The van der Waals surface area contributed by atoms with Crippen molar-refractivity contribution in [2.24, 2.45) is 0 Å². The molecule has 0 fully saturated rings. The summed E-state index contributed by atoms with van der Waals surface area (Å²) < 4.78 is 7.16. The summed E-state index contributed by atoms with van der Waals surface area (Å²) in [6.45, 7) is 1.94. The number of aryl methyl sites for hydroxylation is 1. The molecule has 0 radical (unpaired) electrons. The Morgan fingerprint density at radius 1 is 1.40 bits per heavy atom. The summed E-state index contributed by atoms with van der Waals surface area (Å²) in [5.74, 6) is 0.914. The van der Waals surface area contributed by atoms with Crippen LogP contribution in [0.15, 0.2) is 47.9 Å². The second kappa shape index (κ2) is 4.72. The minimum atomic E-state index is 0.914. The average molecular weight is 349 g/mol. The minimum Gasteiger partial charge on any atom is -0.468 e. The van der Waals surface area contributed by atoms with E-state index in [1.807, 2.05) is 19.1 Å². The SMILES string of the molecule is Cc1occc1Sc1ncc(Br)cc1Br. The molecular formula is C10H7Br2NOS. The summed E-state index contributed by atoms with van der Waals surface area (Å²) in [5.41, 5.74) is 0. The van der Waals surface area contributed by atoms with Gasteiger partial charge in [0.2, 0.25) is 0 Å². The maximum Gasteiger partial charge on any atom is 0.115 e. The Bertz CT molecular complexity index is 484. The summed E-state index contributed by atoms with van der Waals surface area (Å²) in [4.78, 5) is 5.41. The zero-order chi connectivity index (χ0) is 10.8. The highest BCUT2D eigenvalue weighted by Gasteiger charge is 2.08. The van der Waals surface area contributed by atoms with Crippen molar-refractivity contribution in [1.82, 2.24) is 4.98 Å². The van der Waals surface area contributed by atoms with Crippen LogP contribution in [0.4, 0.5) is 0 Å². The highest BCUT2D eigenvalue weighted by Crippen LogP contribution is 2.34. The van der Waals surface area contributed by atoms with Crippen LogP contribution in [0.3, 0.4) is 0 Å². The normalized spacial score (nSPS) is 10.6. The number of aromatic nitrogens is 1. The van der Waals surface area contributed by atoms with Gasteiger partial charge in [0.05, 0.1) is 15.6 Å². The molecule has 78 valence electrons. The first-order valence-corrected chi connectivity index (χ1v) is 6.60. The van der Waals surface area contributed by atoms with Crippen molar-refractivity contribution in [3.05, 3.63) is 39.3 Å². The van der Waals surface area contributed by atoms with Crippen molar-refractivity contribution < 1.29 is 4.42 Å². The van der Waals surface area contributed by atoms with Crippen LogP contribution < -0.4 is 0 Å². The molecule has 2 nitrogen and oxygen atoms in total. The van der Waals surface area contributed by atoms with Gasteiger partial charge >= 0.3 is 0 Å². The minimum absolute atomic E-state index is 0.914. The number of pyridine rings is 1. The van der Waals surface area contributed by atoms with Gasteiger partial charge in [0.1, 0.15) is 10.8 Å². The zero-order valence-corrected chi connectivity index (χ0v) is 11.8. The molecule has 0 saturated heterocycles. The molecule has 0 aliphatic carbocycles. The second-order valence-electron chi connectivity index (χ2n) is 2.88. The van der Waals surface area contributed by atoms with E-state index in [1.165, 1.54) is 0 Å². The summed E-state index contributed by atoms with van der Waals surface area (Å²) in [5, 5.41) is 0.933. The molecule has 5 heteroatoms. The Hall–Kier alpha value is -0.260. The maximum atomic E-state index is 5.23. The number of hydrogen-bond acceptors (Lipinski definition) is 3. The number of rotatable bonds is 2.